The van der Waals surface area contributed by atoms with Gasteiger partial charge in [0.2, 0.25) is 10.0 Å². The van der Waals surface area contributed by atoms with Crippen molar-refractivity contribution in [1.82, 2.24) is 10.1 Å². The van der Waals surface area contributed by atoms with Gasteiger partial charge in [-0.05, 0) is 54.4 Å². The van der Waals surface area contributed by atoms with E-state index in [2.05, 4.69) is 15.2 Å². The van der Waals surface area contributed by atoms with Gasteiger partial charge in [-0.15, -0.1) is 0 Å². The van der Waals surface area contributed by atoms with Crippen molar-refractivity contribution in [3.8, 4) is 11.5 Å². The molecule has 0 amide bonds. The van der Waals surface area contributed by atoms with Crippen LogP contribution in [0.15, 0.2) is 76.7 Å². The molecule has 0 aliphatic carbocycles. The summed E-state index contributed by atoms with van der Waals surface area (Å²) >= 11 is 12.6. The van der Waals surface area contributed by atoms with Gasteiger partial charge in [-0.2, -0.15) is 9.82 Å². The number of hydrazone groups is 1. The summed E-state index contributed by atoms with van der Waals surface area (Å²) in [6, 6.07) is 18.0. The second kappa shape index (κ2) is 10.9. The van der Waals surface area contributed by atoms with Gasteiger partial charge in [0.25, 0.3) is 0 Å². The van der Waals surface area contributed by atoms with Crippen LogP contribution in [0.3, 0.4) is 0 Å². The SMILES string of the molecule is CCOc1ccc(C2CC(C(NS(=O)(=O)c3cccc(OC)c3)c3ccc(Cl)cc3Cl)=NN2)cc1. The minimum atomic E-state index is -3.95. The molecule has 0 saturated heterocycles. The Bertz CT molecular complexity index is 1330. The molecule has 10 heteroatoms. The Morgan fingerprint density at radius 2 is 1.86 bits per heavy atom. The van der Waals surface area contributed by atoms with Crippen LogP contribution >= 0.6 is 23.2 Å². The standard InChI is InChI=1S/C25H25Cl2N3O4S/c1-3-34-18-10-7-16(8-11-18)23-15-24(29-28-23)25(21-12-9-17(26)13-22(21)27)30-35(31,32)20-6-4-5-19(14-20)33-2/h4-14,23,25,28,30H,3,15H2,1-2H3. The fourth-order valence-corrected chi connectivity index (χ4v) is 5.59. The molecule has 0 aromatic heterocycles. The lowest BCUT2D eigenvalue weighted by molar-refractivity contribution is 0.340. The fourth-order valence-electron chi connectivity index (χ4n) is 3.84. The number of hydrogen-bond acceptors (Lipinski definition) is 6. The number of ether oxygens (including phenoxy) is 2. The van der Waals surface area contributed by atoms with Crippen LogP contribution in [0.4, 0.5) is 0 Å². The molecule has 4 rings (SSSR count). The first-order valence-electron chi connectivity index (χ1n) is 11.0. The van der Waals surface area contributed by atoms with Crippen molar-refractivity contribution >= 4 is 38.9 Å². The molecule has 0 bridgehead atoms. The molecule has 35 heavy (non-hydrogen) atoms. The van der Waals surface area contributed by atoms with Crippen molar-refractivity contribution in [3.63, 3.8) is 0 Å². The van der Waals surface area contributed by atoms with E-state index < -0.39 is 16.1 Å². The van der Waals surface area contributed by atoms with E-state index in [1.807, 2.05) is 31.2 Å². The maximum absolute atomic E-state index is 13.3. The third-order valence-electron chi connectivity index (χ3n) is 5.60. The maximum Gasteiger partial charge on any atom is 0.241 e. The van der Waals surface area contributed by atoms with Crippen molar-refractivity contribution in [2.75, 3.05) is 13.7 Å². The lowest BCUT2D eigenvalue weighted by Gasteiger charge is -2.21. The third-order valence-corrected chi connectivity index (χ3v) is 7.58. The quantitative estimate of drug-likeness (QED) is 0.378. The van der Waals surface area contributed by atoms with Gasteiger partial charge in [0.15, 0.2) is 0 Å². The monoisotopic (exact) mass is 533 g/mol. The van der Waals surface area contributed by atoms with E-state index in [0.717, 1.165) is 11.3 Å². The molecular formula is C25H25Cl2N3O4S. The van der Waals surface area contributed by atoms with Gasteiger partial charge in [0.05, 0.1) is 36.4 Å². The van der Waals surface area contributed by atoms with Crippen LogP contribution < -0.4 is 19.6 Å². The lowest BCUT2D eigenvalue weighted by atomic mass is 9.96. The zero-order valence-electron chi connectivity index (χ0n) is 19.2. The molecule has 0 saturated carbocycles. The Labute approximate surface area is 215 Å². The van der Waals surface area contributed by atoms with Crippen LogP contribution in [0.1, 0.15) is 36.6 Å². The predicted molar refractivity (Wildman–Crippen MR) is 138 cm³/mol. The smallest absolute Gasteiger partial charge is 0.241 e. The molecule has 7 nitrogen and oxygen atoms in total. The first-order chi connectivity index (χ1) is 16.8. The summed E-state index contributed by atoms with van der Waals surface area (Å²) in [6.45, 7) is 2.52. The average molecular weight is 534 g/mol. The molecule has 1 aliphatic rings. The largest absolute Gasteiger partial charge is 0.497 e. The molecule has 1 heterocycles. The van der Waals surface area contributed by atoms with E-state index in [1.165, 1.54) is 19.2 Å². The van der Waals surface area contributed by atoms with Gasteiger partial charge in [-0.3, -0.25) is 0 Å². The van der Waals surface area contributed by atoms with Crippen molar-refractivity contribution < 1.29 is 17.9 Å². The molecule has 2 N–H and O–H groups in total. The number of hydrogen-bond donors (Lipinski definition) is 2. The van der Waals surface area contributed by atoms with Gasteiger partial charge >= 0.3 is 0 Å². The van der Waals surface area contributed by atoms with Crippen molar-refractivity contribution in [2.45, 2.75) is 30.3 Å². The summed E-state index contributed by atoms with van der Waals surface area (Å²) in [5.74, 6) is 1.22. The molecule has 1 aliphatic heterocycles. The Morgan fingerprint density at radius 1 is 1.09 bits per heavy atom. The highest BCUT2D eigenvalue weighted by atomic mass is 35.5. The summed E-state index contributed by atoms with van der Waals surface area (Å²) in [5, 5.41) is 5.28. The third kappa shape index (κ3) is 5.90. The van der Waals surface area contributed by atoms with Crippen LogP contribution in [-0.4, -0.2) is 27.8 Å². The van der Waals surface area contributed by atoms with Gasteiger partial charge in [0, 0.05) is 22.5 Å². The molecule has 0 radical (unpaired) electrons. The number of sulfonamides is 1. The molecular weight excluding hydrogens is 509 g/mol. The van der Waals surface area contributed by atoms with E-state index in [4.69, 9.17) is 32.7 Å². The fraction of sp³-hybridized carbons (Fsp3) is 0.240. The number of nitrogens with zero attached hydrogens (tertiary/aromatic N) is 1. The predicted octanol–water partition coefficient (Wildman–Crippen LogP) is 5.51. The molecule has 184 valence electrons. The summed E-state index contributed by atoms with van der Waals surface area (Å²) < 4.78 is 40.2. The first-order valence-corrected chi connectivity index (χ1v) is 13.2. The van der Waals surface area contributed by atoms with Crippen molar-refractivity contribution in [1.29, 1.82) is 0 Å². The van der Waals surface area contributed by atoms with Gasteiger partial charge in [0.1, 0.15) is 11.5 Å². The summed E-state index contributed by atoms with van der Waals surface area (Å²) in [4.78, 5) is 0.0709. The zero-order valence-corrected chi connectivity index (χ0v) is 21.5. The Balaban J connectivity index is 1.64. The van der Waals surface area contributed by atoms with Gasteiger partial charge in [-0.1, -0.05) is 47.5 Å². The van der Waals surface area contributed by atoms with E-state index in [9.17, 15) is 8.42 Å². The minimum Gasteiger partial charge on any atom is -0.497 e. The second-order valence-electron chi connectivity index (χ2n) is 7.89. The normalized spacial score (nSPS) is 16.3. The number of methoxy groups -OCH3 is 1. The molecule has 0 spiro atoms. The van der Waals surface area contributed by atoms with Crippen LogP contribution in [0.25, 0.3) is 0 Å². The maximum atomic E-state index is 13.3. The lowest BCUT2D eigenvalue weighted by Crippen LogP contribution is -2.33. The van der Waals surface area contributed by atoms with E-state index in [1.54, 1.807) is 30.3 Å². The van der Waals surface area contributed by atoms with Crippen LogP contribution in [-0.2, 0) is 10.0 Å². The molecule has 2 unspecified atom stereocenters. The topological polar surface area (TPSA) is 89.0 Å². The minimum absolute atomic E-state index is 0.0709. The molecule has 3 aromatic carbocycles. The van der Waals surface area contributed by atoms with Crippen LogP contribution in [0, 0.1) is 0 Å². The Morgan fingerprint density at radius 3 is 2.54 bits per heavy atom. The van der Waals surface area contributed by atoms with Gasteiger partial charge < -0.3 is 14.9 Å². The average Bonchev–Trinajstić information content (AvgIpc) is 3.34. The van der Waals surface area contributed by atoms with E-state index in [-0.39, 0.29) is 10.9 Å². The highest BCUT2D eigenvalue weighted by molar-refractivity contribution is 7.89. The highest BCUT2D eigenvalue weighted by Gasteiger charge is 2.32. The van der Waals surface area contributed by atoms with E-state index >= 15 is 0 Å². The molecule has 2 atom stereocenters. The molecule has 3 aromatic rings. The summed E-state index contributed by atoms with van der Waals surface area (Å²) in [6.07, 6.45) is 0.470. The van der Waals surface area contributed by atoms with Crippen molar-refractivity contribution in [3.05, 3.63) is 87.9 Å². The van der Waals surface area contributed by atoms with E-state index in [0.29, 0.717) is 40.1 Å². The summed E-state index contributed by atoms with van der Waals surface area (Å²) in [7, 11) is -2.46. The zero-order chi connectivity index (χ0) is 25.0. The van der Waals surface area contributed by atoms with Crippen LogP contribution in [0.2, 0.25) is 10.0 Å². The van der Waals surface area contributed by atoms with Crippen LogP contribution in [0.5, 0.6) is 11.5 Å². The number of rotatable bonds is 9. The number of nitrogens with one attached hydrogen (secondary N) is 2. The highest BCUT2D eigenvalue weighted by Crippen LogP contribution is 2.34. The Kier molecular flexibility index (Phi) is 7.86. The number of benzene rings is 3. The second-order valence-corrected chi connectivity index (χ2v) is 10.4. The summed E-state index contributed by atoms with van der Waals surface area (Å²) in [5.41, 5.74) is 5.27. The number of halogens is 2. The molecule has 0 fully saturated rings. The first kappa shape index (κ1) is 25.3. The van der Waals surface area contributed by atoms with Crippen molar-refractivity contribution in [2.24, 2.45) is 5.10 Å². The van der Waals surface area contributed by atoms with Gasteiger partial charge in [-0.25, -0.2) is 8.42 Å². The Hall–Kier alpha value is -2.78.